The first kappa shape index (κ1) is 28.4. The smallest absolute Gasteiger partial charge is 1.00 e. The first-order chi connectivity index (χ1) is 11.7. The predicted molar refractivity (Wildman–Crippen MR) is 105 cm³/mol. The van der Waals surface area contributed by atoms with Gasteiger partial charge in [-0.25, -0.2) is 12.2 Å². The Morgan fingerprint density at radius 2 is 1.63 bits per heavy atom. The van der Waals surface area contributed by atoms with Crippen LogP contribution in [0.3, 0.4) is 0 Å². The maximum absolute atomic E-state index is 3.50. The van der Waals surface area contributed by atoms with Crippen molar-refractivity contribution >= 4 is 5.69 Å². The predicted octanol–water partition coefficient (Wildman–Crippen LogP) is -0.334. The molecule has 2 aliphatic carbocycles. The van der Waals surface area contributed by atoms with Crippen LogP contribution in [0.25, 0.3) is 11.1 Å². The maximum Gasteiger partial charge on any atom is 2.00 e. The second kappa shape index (κ2) is 15.1. The third-order valence-electron chi connectivity index (χ3n) is 3.75. The normalized spacial score (nSPS) is 11.1. The summed E-state index contributed by atoms with van der Waals surface area (Å²) in [6, 6.07) is 16.5. The van der Waals surface area contributed by atoms with E-state index in [9.17, 15) is 0 Å². The molecule has 2 aromatic rings. The molecule has 4 rings (SSSR count). The van der Waals surface area contributed by atoms with Crippen LogP contribution in [0.1, 0.15) is 31.4 Å². The van der Waals surface area contributed by atoms with Crippen LogP contribution < -0.4 is 29.7 Å². The Morgan fingerprint density at radius 3 is 2.15 bits per heavy atom. The number of rotatable bonds is 1. The van der Waals surface area contributed by atoms with Gasteiger partial charge in [0.2, 0.25) is 0 Å². The SMILES string of the molecule is CN(C)c1[c-]c2c(cc1)-c1ccccc1C2.C[CH-]C.[C-]1=CC=CC1.[Cl-].[Cl-].[Zr+2]. The van der Waals surface area contributed by atoms with E-state index < -0.39 is 0 Å². The van der Waals surface area contributed by atoms with Crippen molar-refractivity contribution < 1.29 is 51.0 Å². The van der Waals surface area contributed by atoms with E-state index in [-0.39, 0.29) is 51.0 Å². The molecule has 0 bridgehead atoms. The number of allylic oxidation sites excluding steroid dienone is 4. The van der Waals surface area contributed by atoms with Gasteiger partial charge >= 0.3 is 26.2 Å². The Bertz CT molecular complexity index is 714. The molecule has 0 radical (unpaired) electrons. The van der Waals surface area contributed by atoms with Gasteiger partial charge in [-0.15, -0.1) is 23.6 Å². The third kappa shape index (κ3) is 8.38. The summed E-state index contributed by atoms with van der Waals surface area (Å²) in [7, 11) is 4.11. The summed E-state index contributed by atoms with van der Waals surface area (Å²) < 4.78 is 0. The fourth-order valence-corrected chi connectivity index (χ4v) is 2.65. The molecule has 2 aliphatic rings. The van der Waals surface area contributed by atoms with Gasteiger partial charge in [-0.1, -0.05) is 41.1 Å². The number of benzene rings is 2. The van der Waals surface area contributed by atoms with Crippen molar-refractivity contribution in [3.63, 3.8) is 0 Å². The minimum Gasteiger partial charge on any atom is -1.00 e. The summed E-state index contributed by atoms with van der Waals surface area (Å²) in [5.41, 5.74) is 6.63. The van der Waals surface area contributed by atoms with Crippen LogP contribution in [-0.2, 0) is 32.6 Å². The van der Waals surface area contributed by atoms with Gasteiger partial charge in [-0.05, 0) is 6.42 Å². The molecule has 0 unspecified atom stereocenters. The van der Waals surface area contributed by atoms with Gasteiger partial charge in [0.1, 0.15) is 0 Å². The summed E-state index contributed by atoms with van der Waals surface area (Å²) >= 11 is 0. The molecule has 0 saturated heterocycles. The van der Waals surface area contributed by atoms with E-state index in [4.69, 9.17) is 0 Å². The summed E-state index contributed by atoms with van der Waals surface area (Å²) in [6.07, 6.45) is 13.0. The van der Waals surface area contributed by atoms with Crippen molar-refractivity contribution in [2.24, 2.45) is 0 Å². The first-order valence-corrected chi connectivity index (χ1v) is 8.44. The maximum atomic E-state index is 3.50. The molecule has 0 spiro atoms. The van der Waals surface area contributed by atoms with Gasteiger partial charge in [0.25, 0.3) is 0 Å². The zero-order valence-electron chi connectivity index (χ0n) is 16.4. The van der Waals surface area contributed by atoms with Gasteiger partial charge in [-0.2, -0.15) is 32.1 Å². The molecule has 1 nitrogen and oxygen atoms in total. The summed E-state index contributed by atoms with van der Waals surface area (Å²) in [5.74, 6) is 0. The number of nitrogens with zero attached hydrogens (tertiary/aromatic N) is 1. The van der Waals surface area contributed by atoms with Crippen molar-refractivity contribution in [1.82, 2.24) is 0 Å². The molecule has 4 heteroatoms. The molecule has 144 valence electrons. The first-order valence-electron chi connectivity index (χ1n) is 8.44. The molecular weight excluding hydrogens is 452 g/mol. The average molecular weight is 479 g/mol. The largest absolute Gasteiger partial charge is 2.00 e. The summed E-state index contributed by atoms with van der Waals surface area (Å²) in [4.78, 5) is 2.10. The standard InChI is InChI=1S/C15H14N.C5H5.C3H7.2ClH.Zr/c1-16(2)13-7-8-15-12(10-13)9-11-5-3-4-6-14(11)15;1-2-4-5-3-1;1-3-2;;;/h3-8H,9H2,1-2H3;1-3H,4H2;3H,1-2H3;2*1H;/q3*-1;;;+2/p-2. The number of fused-ring (bicyclic) bond motifs is 3. The molecule has 0 N–H and O–H groups in total. The fourth-order valence-electron chi connectivity index (χ4n) is 2.65. The molecular formula is C23H26Cl2NZr-3. The molecule has 0 atom stereocenters. The zero-order chi connectivity index (χ0) is 17.4. The zero-order valence-corrected chi connectivity index (χ0v) is 20.4. The van der Waals surface area contributed by atoms with E-state index >= 15 is 0 Å². The van der Waals surface area contributed by atoms with E-state index in [1.54, 1.807) is 0 Å². The number of hydrogen-bond acceptors (Lipinski definition) is 1. The monoisotopic (exact) mass is 476 g/mol. The molecule has 0 aliphatic heterocycles. The molecule has 0 saturated carbocycles. The van der Waals surface area contributed by atoms with E-state index in [0.717, 1.165) is 18.5 Å². The van der Waals surface area contributed by atoms with E-state index in [2.05, 4.69) is 73.6 Å². The van der Waals surface area contributed by atoms with Crippen molar-refractivity contribution in [3.8, 4) is 11.1 Å². The second-order valence-electron chi connectivity index (χ2n) is 6.04. The Balaban J connectivity index is 0. The minimum atomic E-state index is 0. The van der Waals surface area contributed by atoms with E-state index in [0.29, 0.717) is 0 Å². The number of halogens is 2. The minimum absolute atomic E-state index is 0. The van der Waals surface area contributed by atoms with Crippen LogP contribution in [0.2, 0.25) is 0 Å². The van der Waals surface area contributed by atoms with Crippen LogP contribution in [0.4, 0.5) is 5.69 Å². The van der Waals surface area contributed by atoms with Crippen LogP contribution in [0.15, 0.2) is 54.6 Å². The van der Waals surface area contributed by atoms with Crippen molar-refractivity contribution in [2.45, 2.75) is 26.7 Å². The number of hydrogen-bond donors (Lipinski definition) is 0. The summed E-state index contributed by atoms with van der Waals surface area (Å²) in [5, 5.41) is 0. The van der Waals surface area contributed by atoms with Crippen LogP contribution in [-0.4, -0.2) is 14.1 Å². The van der Waals surface area contributed by atoms with Gasteiger partial charge < -0.3 is 36.1 Å². The van der Waals surface area contributed by atoms with Crippen molar-refractivity contribution in [2.75, 3.05) is 19.0 Å². The molecule has 2 aromatic carbocycles. The van der Waals surface area contributed by atoms with E-state index in [1.165, 1.54) is 22.3 Å². The van der Waals surface area contributed by atoms with Gasteiger partial charge in [0.15, 0.2) is 0 Å². The molecule has 0 amide bonds. The van der Waals surface area contributed by atoms with Gasteiger partial charge in [0.05, 0.1) is 0 Å². The van der Waals surface area contributed by atoms with Crippen molar-refractivity contribution in [1.29, 1.82) is 0 Å². The second-order valence-corrected chi connectivity index (χ2v) is 6.04. The Morgan fingerprint density at radius 1 is 0.963 bits per heavy atom. The van der Waals surface area contributed by atoms with E-state index in [1.807, 2.05) is 32.4 Å². The Kier molecular flexibility index (Phi) is 15.9. The van der Waals surface area contributed by atoms with Gasteiger partial charge in [0, 0.05) is 14.1 Å². The quantitative estimate of drug-likeness (QED) is 0.433. The molecule has 0 aromatic heterocycles. The molecule has 0 fully saturated rings. The van der Waals surface area contributed by atoms with Crippen LogP contribution in [0.5, 0.6) is 0 Å². The van der Waals surface area contributed by atoms with Gasteiger partial charge in [-0.3, -0.25) is 6.08 Å². The topological polar surface area (TPSA) is 3.24 Å². The summed E-state index contributed by atoms with van der Waals surface area (Å²) in [6.45, 7) is 4.00. The average Bonchev–Trinajstić information content (AvgIpc) is 3.26. The Hall–Kier alpha value is -0.817. The molecule has 27 heavy (non-hydrogen) atoms. The third-order valence-corrected chi connectivity index (χ3v) is 3.75. The molecule has 0 heterocycles. The number of anilines is 1. The van der Waals surface area contributed by atoms with Crippen LogP contribution in [0, 0.1) is 18.6 Å². The van der Waals surface area contributed by atoms with Crippen molar-refractivity contribution in [3.05, 3.63) is 84.3 Å². The fraction of sp³-hybridized carbons (Fsp3) is 0.261. The van der Waals surface area contributed by atoms with Crippen LogP contribution >= 0.6 is 0 Å². The Labute approximate surface area is 196 Å².